The number of nitrogens with zero attached hydrogens (tertiary/aromatic N) is 2. The monoisotopic (exact) mass is 365 g/mol. The Kier molecular flexibility index (Phi) is 4.15. The van der Waals surface area contributed by atoms with Gasteiger partial charge in [0.1, 0.15) is 0 Å². The minimum atomic E-state index is -0.969. The van der Waals surface area contributed by atoms with Crippen LogP contribution < -0.4 is 10.2 Å². The lowest BCUT2D eigenvalue weighted by atomic mass is 9.81. The van der Waals surface area contributed by atoms with E-state index in [2.05, 4.69) is 38.0 Å². The molecule has 1 fully saturated rings. The second kappa shape index (κ2) is 6.27. The van der Waals surface area contributed by atoms with Gasteiger partial charge in [-0.25, -0.2) is 9.69 Å². The van der Waals surface area contributed by atoms with Crippen molar-refractivity contribution >= 4 is 23.2 Å². The van der Waals surface area contributed by atoms with Crippen LogP contribution in [0.4, 0.5) is 21.9 Å². The average molecular weight is 365 g/mol. The molecule has 27 heavy (non-hydrogen) atoms. The number of carbonyl (C=O) groups is 1. The van der Waals surface area contributed by atoms with Crippen LogP contribution in [0, 0.1) is 0 Å². The number of likely N-dealkylation sites (N-methyl/N-ethyl adjacent to an activating group) is 1. The molecule has 0 spiro atoms. The molecule has 2 N–H and O–H groups in total. The van der Waals surface area contributed by atoms with Crippen molar-refractivity contribution < 1.29 is 9.90 Å². The van der Waals surface area contributed by atoms with Crippen molar-refractivity contribution in [2.75, 3.05) is 23.8 Å². The summed E-state index contributed by atoms with van der Waals surface area (Å²) < 4.78 is 0. The molecular weight excluding hydrogens is 338 g/mol. The van der Waals surface area contributed by atoms with E-state index < -0.39 is 6.09 Å². The van der Waals surface area contributed by atoms with Crippen molar-refractivity contribution in [3.8, 4) is 0 Å². The average Bonchev–Trinajstić information content (AvgIpc) is 3.08. The maximum atomic E-state index is 12.1. The van der Waals surface area contributed by atoms with Crippen LogP contribution in [-0.2, 0) is 5.41 Å². The molecule has 2 heterocycles. The van der Waals surface area contributed by atoms with E-state index in [9.17, 15) is 9.90 Å². The van der Waals surface area contributed by atoms with Crippen LogP contribution in [0.3, 0.4) is 0 Å². The van der Waals surface area contributed by atoms with E-state index in [-0.39, 0.29) is 11.6 Å². The second-order valence-electron chi connectivity index (χ2n) is 8.29. The third-order valence-corrected chi connectivity index (χ3v) is 6.21. The van der Waals surface area contributed by atoms with E-state index in [0.29, 0.717) is 17.3 Å². The van der Waals surface area contributed by atoms with Crippen molar-refractivity contribution in [3.05, 3.63) is 53.6 Å². The molecule has 0 aromatic heterocycles. The summed E-state index contributed by atoms with van der Waals surface area (Å²) in [6.45, 7) is 7.57. The van der Waals surface area contributed by atoms with Crippen molar-refractivity contribution in [1.29, 1.82) is 0 Å². The highest BCUT2D eigenvalue weighted by Crippen LogP contribution is 2.49. The van der Waals surface area contributed by atoms with E-state index in [4.69, 9.17) is 0 Å². The Hall–Kier alpha value is -2.53. The number of hydrogen-bond acceptors (Lipinski definition) is 3. The zero-order valence-corrected chi connectivity index (χ0v) is 16.4. The molecule has 5 heteroatoms. The summed E-state index contributed by atoms with van der Waals surface area (Å²) in [7, 11) is 2.13. The molecule has 0 radical (unpaired) electrons. The van der Waals surface area contributed by atoms with Gasteiger partial charge in [-0.15, -0.1) is 0 Å². The van der Waals surface area contributed by atoms with Gasteiger partial charge in [-0.1, -0.05) is 32.9 Å². The molecule has 2 aliphatic rings. The van der Waals surface area contributed by atoms with Gasteiger partial charge >= 0.3 is 6.09 Å². The highest BCUT2D eigenvalue weighted by molar-refractivity contribution is 5.95. The number of benzene rings is 2. The first-order valence-corrected chi connectivity index (χ1v) is 9.55. The quantitative estimate of drug-likeness (QED) is 0.806. The van der Waals surface area contributed by atoms with Crippen LogP contribution in [0.15, 0.2) is 42.5 Å². The lowest BCUT2D eigenvalue weighted by Gasteiger charge is -2.27. The van der Waals surface area contributed by atoms with Crippen LogP contribution in [0.25, 0.3) is 0 Å². The maximum absolute atomic E-state index is 12.1. The van der Waals surface area contributed by atoms with Gasteiger partial charge in [-0.2, -0.15) is 0 Å². The number of anilines is 3. The lowest BCUT2D eigenvalue weighted by Crippen LogP contribution is -2.39. The first kappa shape index (κ1) is 17.9. The van der Waals surface area contributed by atoms with Crippen LogP contribution in [0.1, 0.15) is 44.2 Å². The summed E-state index contributed by atoms with van der Waals surface area (Å²) in [6, 6.07) is 13.8. The molecule has 142 valence electrons. The molecule has 4 rings (SSSR count). The van der Waals surface area contributed by atoms with Gasteiger partial charge in [0.25, 0.3) is 0 Å². The Bertz CT molecular complexity index is 878. The van der Waals surface area contributed by atoms with Crippen molar-refractivity contribution in [2.24, 2.45) is 0 Å². The fourth-order valence-electron chi connectivity index (χ4n) is 4.51. The van der Waals surface area contributed by atoms with Gasteiger partial charge in [0, 0.05) is 17.6 Å². The van der Waals surface area contributed by atoms with E-state index in [1.807, 2.05) is 42.5 Å². The number of likely N-dealkylation sites (tertiary alicyclic amines) is 1. The Morgan fingerprint density at radius 1 is 1.22 bits per heavy atom. The molecule has 2 aromatic carbocycles. The predicted molar refractivity (Wildman–Crippen MR) is 109 cm³/mol. The van der Waals surface area contributed by atoms with Crippen LogP contribution >= 0.6 is 0 Å². The zero-order valence-electron chi connectivity index (χ0n) is 16.4. The Labute approximate surface area is 160 Å². The lowest BCUT2D eigenvalue weighted by molar-refractivity contribution is 0.205. The molecule has 2 aliphatic heterocycles. The van der Waals surface area contributed by atoms with Gasteiger partial charge in [-0.3, -0.25) is 4.90 Å². The number of carboxylic acid groups (broad SMARTS) is 1. The van der Waals surface area contributed by atoms with Crippen molar-refractivity contribution in [1.82, 2.24) is 4.90 Å². The minimum Gasteiger partial charge on any atom is -0.464 e. The fraction of sp³-hybridized carbons (Fsp3) is 0.409. The van der Waals surface area contributed by atoms with Crippen molar-refractivity contribution in [3.63, 3.8) is 0 Å². The first-order chi connectivity index (χ1) is 12.8. The highest BCUT2D eigenvalue weighted by Gasteiger charge is 2.49. The summed E-state index contributed by atoms with van der Waals surface area (Å²) in [6.07, 6.45) is 0.364. The number of fused-ring (bicyclic) bond motifs is 3. The molecule has 5 nitrogen and oxygen atoms in total. The van der Waals surface area contributed by atoms with Gasteiger partial charge in [0.15, 0.2) is 0 Å². The second-order valence-corrected chi connectivity index (χ2v) is 8.29. The first-order valence-electron chi connectivity index (χ1n) is 9.55. The van der Waals surface area contributed by atoms with Crippen molar-refractivity contribution in [2.45, 2.75) is 44.7 Å². The zero-order chi connectivity index (χ0) is 19.3. The third-order valence-electron chi connectivity index (χ3n) is 6.21. The van der Waals surface area contributed by atoms with Crippen LogP contribution in [-0.4, -0.2) is 35.9 Å². The van der Waals surface area contributed by atoms with E-state index in [0.717, 1.165) is 18.7 Å². The van der Waals surface area contributed by atoms with Gasteiger partial charge < -0.3 is 10.4 Å². The standard InChI is InChI=1S/C22H27N3O2/c1-14(2)15-5-7-16(8-6-15)25(21(26)27)17-9-10-19-18(13-17)22(3)11-12-24(4)20(22)23-19/h5-10,13-14,20,23H,11-12H2,1-4H3,(H,26,27)/t20?,22-/m0/s1. The van der Waals surface area contributed by atoms with Gasteiger partial charge in [-0.05, 0) is 60.8 Å². The smallest absolute Gasteiger partial charge is 0.416 e. The topological polar surface area (TPSA) is 55.8 Å². The van der Waals surface area contributed by atoms with Gasteiger partial charge in [0.2, 0.25) is 0 Å². The summed E-state index contributed by atoms with van der Waals surface area (Å²) in [5.41, 5.74) is 4.88. The largest absolute Gasteiger partial charge is 0.464 e. The van der Waals surface area contributed by atoms with E-state index in [1.165, 1.54) is 16.0 Å². The Morgan fingerprint density at radius 3 is 2.52 bits per heavy atom. The maximum Gasteiger partial charge on any atom is 0.416 e. The summed E-state index contributed by atoms with van der Waals surface area (Å²) in [4.78, 5) is 15.8. The van der Waals surface area contributed by atoms with Crippen LogP contribution in [0.5, 0.6) is 0 Å². The Balaban J connectivity index is 1.74. The summed E-state index contributed by atoms with van der Waals surface area (Å²) >= 11 is 0. The molecule has 0 saturated carbocycles. The summed E-state index contributed by atoms with van der Waals surface area (Å²) in [5, 5.41) is 13.5. The fourth-order valence-corrected chi connectivity index (χ4v) is 4.51. The molecule has 2 atom stereocenters. The number of hydrogen-bond donors (Lipinski definition) is 2. The molecule has 1 amide bonds. The third kappa shape index (κ3) is 2.77. The van der Waals surface area contributed by atoms with Gasteiger partial charge in [0.05, 0.1) is 17.5 Å². The molecule has 2 aromatic rings. The summed E-state index contributed by atoms with van der Waals surface area (Å²) in [5.74, 6) is 0.416. The molecule has 0 aliphatic carbocycles. The minimum absolute atomic E-state index is 0.00572. The predicted octanol–water partition coefficient (Wildman–Crippen LogP) is 4.97. The Morgan fingerprint density at radius 2 is 1.89 bits per heavy atom. The van der Waals surface area contributed by atoms with Crippen LogP contribution in [0.2, 0.25) is 0 Å². The molecule has 1 saturated heterocycles. The SMILES string of the molecule is CC(C)c1ccc(N(C(=O)O)c2ccc3c(c2)[C@]2(C)CCN(C)C2N3)cc1. The van der Waals surface area contributed by atoms with E-state index in [1.54, 1.807) is 0 Å². The normalized spacial score (nSPS) is 23.8. The number of amides is 1. The van der Waals surface area contributed by atoms with E-state index >= 15 is 0 Å². The number of nitrogens with one attached hydrogen (secondary N) is 1. The molecule has 0 bridgehead atoms. The molecule has 1 unspecified atom stereocenters. The molecular formula is C22H27N3O2. The highest BCUT2D eigenvalue weighted by atomic mass is 16.4. The number of rotatable bonds is 3.